The van der Waals surface area contributed by atoms with Crippen LogP contribution in [0.3, 0.4) is 0 Å². The van der Waals surface area contributed by atoms with Crippen molar-refractivity contribution in [3.63, 3.8) is 0 Å². The van der Waals surface area contributed by atoms with Gasteiger partial charge in [0.05, 0.1) is 16.5 Å². The summed E-state index contributed by atoms with van der Waals surface area (Å²) in [7, 11) is 0. The van der Waals surface area contributed by atoms with Crippen molar-refractivity contribution >= 4 is 0 Å². The van der Waals surface area contributed by atoms with Gasteiger partial charge < -0.3 is 10.5 Å². The molecular weight excluding hydrogens is 421 g/mol. The van der Waals surface area contributed by atoms with E-state index >= 15 is 0 Å². The van der Waals surface area contributed by atoms with Crippen molar-refractivity contribution in [1.82, 2.24) is 20.2 Å². The second-order valence-electron chi connectivity index (χ2n) is 7.87. The molecule has 1 aromatic carbocycles. The standard InChI is InChI=1S/C22H19F3N6O/c1-11(2)21(17(7-26)19(27)32-20-18(21)12(3)30-31-20)15-4-13(14-8-28-10-29-9-14)5-16(6-15)22(23,24)25/h4-6,8-11H,27H2,1-3H3,(H,30,31). The maximum atomic E-state index is 14.0. The van der Waals surface area contributed by atoms with E-state index in [1.807, 2.05) is 13.8 Å². The van der Waals surface area contributed by atoms with E-state index in [4.69, 9.17) is 10.5 Å². The lowest BCUT2D eigenvalue weighted by Gasteiger charge is -2.41. The van der Waals surface area contributed by atoms with E-state index < -0.39 is 17.2 Å². The van der Waals surface area contributed by atoms with Gasteiger partial charge in [-0.2, -0.15) is 18.4 Å². The Morgan fingerprint density at radius 1 is 1.16 bits per heavy atom. The van der Waals surface area contributed by atoms with Gasteiger partial charge in [0, 0.05) is 23.7 Å². The van der Waals surface area contributed by atoms with E-state index in [1.165, 1.54) is 18.7 Å². The minimum atomic E-state index is -4.62. The van der Waals surface area contributed by atoms with E-state index in [0.29, 0.717) is 16.8 Å². The smallest absolute Gasteiger partial charge is 0.416 e. The maximum Gasteiger partial charge on any atom is 0.416 e. The van der Waals surface area contributed by atoms with Gasteiger partial charge in [0.1, 0.15) is 18.0 Å². The molecule has 3 N–H and O–H groups in total. The van der Waals surface area contributed by atoms with Crippen LogP contribution < -0.4 is 10.5 Å². The molecule has 0 bridgehead atoms. The quantitative estimate of drug-likeness (QED) is 0.630. The molecule has 0 amide bonds. The Kier molecular flexibility index (Phi) is 4.92. The summed E-state index contributed by atoms with van der Waals surface area (Å²) < 4.78 is 47.4. The van der Waals surface area contributed by atoms with Gasteiger partial charge in [-0.05, 0) is 42.2 Å². The Balaban J connectivity index is 2.14. The van der Waals surface area contributed by atoms with Gasteiger partial charge in [0.2, 0.25) is 11.8 Å². The highest BCUT2D eigenvalue weighted by Crippen LogP contribution is 2.53. The third-order valence-electron chi connectivity index (χ3n) is 5.74. The molecule has 3 aromatic rings. The lowest BCUT2D eigenvalue weighted by Crippen LogP contribution is -2.41. The van der Waals surface area contributed by atoms with Crippen molar-refractivity contribution in [1.29, 1.82) is 5.26 Å². The lowest BCUT2D eigenvalue weighted by molar-refractivity contribution is -0.137. The van der Waals surface area contributed by atoms with E-state index in [-0.39, 0.29) is 34.4 Å². The number of rotatable bonds is 3. The minimum Gasteiger partial charge on any atom is -0.420 e. The Morgan fingerprint density at radius 3 is 2.44 bits per heavy atom. The third-order valence-corrected chi connectivity index (χ3v) is 5.74. The van der Waals surface area contributed by atoms with Crippen molar-refractivity contribution in [3.8, 4) is 23.1 Å². The molecule has 0 saturated carbocycles. The highest BCUT2D eigenvalue weighted by Gasteiger charge is 2.51. The van der Waals surface area contributed by atoms with Crippen LogP contribution >= 0.6 is 0 Å². The Morgan fingerprint density at radius 2 is 1.84 bits per heavy atom. The average Bonchev–Trinajstić information content (AvgIpc) is 3.12. The van der Waals surface area contributed by atoms with Crippen LogP contribution in [-0.4, -0.2) is 20.2 Å². The molecule has 7 nitrogen and oxygen atoms in total. The van der Waals surface area contributed by atoms with Crippen LogP contribution in [0, 0.1) is 24.2 Å². The summed E-state index contributed by atoms with van der Waals surface area (Å²) in [6, 6.07) is 5.79. The Hall–Kier alpha value is -3.87. The fourth-order valence-corrected chi connectivity index (χ4v) is 4.40. The molecule has 1 atom stereocenters. The molecule has 1 unspecified atom stereocenters. The van der Waals surface area contributed by atoms with Gasteiger partial charge in [0.25, 0.3) is 0 Å². The number of nitrogens with zero attached hydrogens (tertiary/aromatic N) is 4. The summed E-state index contributed by atoms with van der Waals surface area (Å²) in [5.41, 5.74) is 5.88. The average molecular weight is 440 g/mol. The van der Waals surface area contributed by atoms with Gasteiger partial charge in [-0.15, -0.1) is 5.10 Å². The van der Waals surface area contributed by atoms with Gasteiger partial charge in [-0.1, -0.05) is 13.8 Å². The van der Waals surface area contributed by atoms with Crippen molar-refractivity contribution in [2.45, 2.75) is 32.4 Å². The number of ether oxygens (including phenoxy) is 1. The zero-order valence-electron chi connectivity index (χ0n) is 17.4. The predicted octanol–water partition coefficient (Wildman–Crippen LogP) is 4.22. The highest BCUT2D eigenvalue weighted by atomic mass is 19.4. The number of hydrogen-bond donors (Lipinski definition) is 2. The first kappa shape index (κ1) is 21.4. The molecule has 0 fully saturated rings. The zero-order valence-corrected chi connectivity index (χ0v) is 17.4. The van der Waals surface area contributed by atoms with Crippen LogP contribution in [0.25, 0.3) is 11.1 Å². The number of nitrogens with two attached hydrogens (primary N) is 1. The van der Waals surface area contributed by atoms with Gasteiger partial charge in [-0.25, -0.2) is 9.97 Å². The van der Waals surface area contributed by atoms with Gasteiger partial charge in [-0.3, -0.25) is 5.10 Å². The third kappa shape index (κ3) is 3.09. The fourth-order valence-electron chi connectivity index (χ4n) is 4.40. The number of hydrogen-bond acceptors (Lipinski definition) is 6. The fraction of sp³-hybridized carbons (Fsp3) is 0.273. The molecule has 32 heavy (non-hydrogen) atoms. The number of aromatic nitrogens is 4. The van der Waals surface area contributed by atoms with Crippen molar-refractivity contribution < 1.29 is 17.9 Å². The molecule has 164 valence electrons. The second-order valence-corrected chi connectivity index (χ2v) is 7.87. The number of nitriles is 1. The van der Waals surface area contributed by atoms with Crippen molar-refractivity contribution in [2.24, 2.45) is 11.7 Å². The van der Waals surface area contributed by atoms with Crippen LogP contribution in [0.4, 0.5) is 13.2 Å². The maximum absolute atomic E-state index is 14.0. The summed E-state index contributed by atoms with van der Waals surface area (Å²) in [6.07, 6.45) is -0.463. The number of fused-ring (bicyclic) bond motifs is 1. The van der Waals surface area contributed by atoms with E-state index in [0.717, 1.165) is 12.1 Å². The number of halogens is 3. The molecule has 3 heterocycles. The second kappa shape index (κ2) is 7.37. The monoisotopic (exact) mass is 440 g/mol. The minimum absolute atomic E-state index is 0.0269. The first-order chi connectivity index (χ1) is 15.1. The number of aromatic amines is 1. The van der Waals surface area contributed by atoms with Crippen LogP contribution in [0.15, 0.2) is 48.4 Å². The first-order valence-corrected chi connectivity index (χ1v) is 9.72. The van der Waals surface area contributed by atoms with Crippen LogP contribution in [0.1, 0.15) is 36.2 Å². The molecule has 10 heteroatoms. The number of nitrogens with one attached hydrogen (secondary N) is 1. The molecule has 0 spiro atoms. The molecule has 0 aliphatic carbocycles. The number of benzene rings is 1. The SMILES string of the molecule is Cc1[nH]nc2c1C(c1cc(-c3cncnc3)cc(C(F)(F)F)c1)(C(C)C)C(C#N)=C(N)O2. The largest absolute Gasteiger partial charge is 0.420 e. The van der Waals surface area contributed by atoms with Crippen LogP contribution in [-0.2, 0) is 11.6 Å². The summed E-state index contributed by atoms with van der Waals surface area (Å²) in [5, 5.41) is 17.0. The Labute approximate surface area is 181 Å². The molecule has 0 radical (unpaired) electrons. The highest BCUT2D eigenvalue weighted by molar-refractivity contribution is 5.69. The summed E-state index contributed by atoms with van der Waals surface area (Å²) >= 11 is 0. The molecule has 1 aliphatic rings. The van der Waals surface area contributed by atoms with Crippen molar-refractivity contribution in [2.75, 3.05) is 0 Å². The van der Waals surface area contributed by atoms with E-state index in [9.17, 15) is 18.4 Å². The normalized spacial score (nSPS) is 18.3. The van der Waals surface area contributed by atoms with Crippen LogP contribution in [0.5, 0.6) is 5.88 Å². The molecule has 4 rings (SSSR count). The van der Waals surface area contributed by atoms with Crippen molar-refractivity contribution in [3.05, 3.63) is 70.8 Å². The number of allylic oxidation sites excluding steroid dienone is 1. The Bertz CT molecular complexity index is 1260. The lowest BCUT2D eigenvalue weighted by atomic mass is 9.61. The predicted molar refractivity (Wildman–Crippen MR) is 109 cm³/mol. The zero-order chi connectivity index (χ0) is 23.3. The topological polar surface area (TPSA) is 114 Å². The summed E-state index contributed by atoms with van der Waals surface area (Å²) in [4.78, 5) is 7.85. The van der Waals surface area contributed by atoms with Crippen LogP contribution in [0.2, 0.25) is 0 Å². The number of aryl methyl sites for hydroxylation is 1. The summed E-state index contributed by atoms with van der Waals surface area (Å²) in [5.74, 6) is -0.435. The van der Waals surface area contributed by atoms with E-state index in [1.54, 1.807) is 13.0 Å². The van der Waals surface area contributed by atoms with E-state index in [2.05, 4.69) is 26.2 Å². The first-order valence-electron chi connectivity index (χ1n) is 9.72. The molecule has 1 aliphatic heterocycles. The number of H-pyrrole nitrogens is 1. The molecule has 2 aromatic heterocycles. The number of alkyl halides is 3. The molecular formula is C22H19F3N6O. The molecule has 0 saturated heterocycles. The van der Waals surface area contributed by atoms with Gasteiger partial charge in [0.15, 0.2) is 0 Å². The summed E-state index contributed by atoms with van der Waals surface area (Å²) in [6.45, 7) is 5.36. The van der Waals surface area contributed by atoms with Gasteiger partial charge >= 0.3 is 6.18 Å².